The Bertz CT molecular complexity index is 804. The molecule has 0 aliphatic heterocycles. The molecule has 0 unspecified atom stereocenters. The minimum absolute atomic E-state index is 0.755. The first-order valence-electron chi connectivity index (χ1n) is 7.67. The van der Waals surface area contributed by atoms with Gasteiger partial charge >= 0.3 is 0 Å². The largest absolute Gasteiger partial charge is 0.352 e. The lowest BCUT2D eigenvalue weighted by Crippen LogP contribution is -2.20. The molecule has 2 aromatic heterocycles. The molecule has 4 nitrogen and oxygen atoms in total. The van der Waals surface area contributed by atoms with Crippen LogP contribution in [0.25, 0.3) is 10.9 Å². The van der Waals surface area contributed by atoms with Gasteiger partial charge in [-0.2, -0.15) is 0 Å². The number of fused-ring (bicyclic) bond motifs is 1. The number of aryl methyl sites for hydroxylation is 3. The fourth-order valence-corrected chi connectivity index (χ4v) is 2.76. The van der Waals surface area contributed by atoms with Gasteiger partial charge in [0, 0.05) is 31.4 Å². The van der Waals surface area contributed by atoms with Crippen LogP contribution in [0, 0.1) is 13.8 Å². The Balaban J connectivity index is 1.94. The van der Waals surface area contributed by atoms with E-state index in [1.165, 1.54) is 16.5 Å². The van der Waals surface area contributed by atoms with Crippen molar-refractivity contribution < 1.29 is 0 Å². The van der Waals surface area contributed by atoms with Gasteiger partial charge in [-0.3, -0.25) is 0 Å². The number of rotatable bonds is 4. The summed E-state index contributed by atoms with van der Waals surface area (Å²) in [5, 5.41) is 1.23. The maximum absolute atomic E-state index is 4.80. The molecule has 0 spiro atoms. The van der Waals surface area contributed by atoms with Gasteiger partial charge < -0.3 is 9.47 Å². The van der Waals surface area contributed by atoms with Crippen LogP contribution in [0.1, 0.15) is 23.9 Å². The Morgan fingerprint density at radius 2 is 2.00 bits per heavy atom. The van der Waals surface area contributed by atoms with E-state index >= 15 is 0 Å². The van der Waals surface area contributed by atoms with Crippen molar-refractivity contribution in [3.8, 4) is 0 Å². The average molecular weight is 294 g/mol. The fourth-order valence-electron chi connectivity index (χ4n) is 2.76. The Hall–Kier alpha value is -2.36. The van der Waals surface area contributed by atoms with Gasteiger partial charge in [0.15, 0.2) is 0 Å². The maximum Gasteiger partial charge on any atom is 0.129 e. The van der Waals surface area contributed by atoms with Crippen LogP contribution in [-0.4, -0.2) is 21.6 Å². The predicted molar refractivity (Wildman–Crippen MR) is 91.2 cm³/mol. The lowest BCUT2D eigenvalue weighted by molar-refractivity contribution is 0.683. The minimum atomic E-state index is 0.755. The van der Waals surface area contributed by atoms with Gasteiger partial charge in [-0.15, -0.1) is 0 Å². The summed E-state index contributed by atoms with van der Waals surface area (Å²) in [6, 6.07) is 8.57. The number of aromatic nitrogens is 3. The van der Waals surface area contributed by atoms with E-state index in [4.69, 9.17) is 4.98 Å². The van der Waals surface area contributed by atoms with E-state index in [-0.39, 0.29) is 0 Å². The second-order valence-electron chi connectivity index (χ2n) is 5.80. The van der Waals surface area contributed by atoms with Gasteiger partial charge in [-0.1, -0.05) is 11.6 Å². The molecule has 0 bridgehead atoms. The molecule has 0 saturated heterocycles. The number of hydrogen-bond acceptors (Lipinski definition) is 3. The molecule has 0 fully saturated rings. The Kier molecular flexibility index (Phi) is 3.84. The highest BCUT2D eigenvalue weighted by molar-refractivity contribution is 5.84. The number of imidazole rings is 1. The second kappa shape index (κ2) is 5.79. The predicted octanol–water partition coefficient (Wildman–Crippen LogP) is 3.70. The molecule has 0 N–H and O–H groups in total. The molecule has 22 heavy (non-hydrogen) atoms. The molecule has 0 amide bonds. The minimum Gasteiger partial charge on any atom is -0.352 e. The normalized spacial score (nSPS) is 11.1. The molecule has 3 aromatic rings. The van der Waals surface area contributed by atoms with Gasteiger partial charge in [-0.25, -0.2) is 9.97 Å². The monoisotopic (exact) mass is 294 g/mol. The van der Waals surface area contributed by atoms with Crippen molar-refractivity contribution in [3.63, 3.8) is 0 Å². The zero-order valence-corrected chi connectivity index (χ0v) is 13.7. The topological polar surface area (TPSA) is 34.0 Å². The highest BCUT2D eigenvalue weighted by atomic mass is 15.2. The van der Waals surface area contributed by atoms with E-state index in [1.54, 1.807) is 0 Å². The SMILES string of the molecule is CCn1ccnc1CN(C)c1cc(C)c2cc(C)ccc2n1. The van der Waals surface area contributed by atoms with E-state index in [1.807, 2.05) is 12.4 Å². The van der Waals surface area contributed by atoms with Crippen LogP contribution in [0.2, 0.25) is 0 Å². The summed E-state index contributed by atoms with van der Waals surface area (Å²) in [5.74, 6) is 2.05. The third-order valence-electron chi connectivity index (χ3n) is 4.07. The maximum atomic E-state index is 4.80. The highest BCUT2D eigenvalue weighted by Crippen LogP contribution is 2.23. The molecule has 4 heteroatoms. The second-order valence-corrected chi connectivity index (χ2v) is 5.80. The van der Waals surface area contributed by atoms with E-state index in [0.29, 0.717) is 0 Å². The van der Waals surface area contributed by atoms with Gasteiger partial charge in [0.05, 0.1) is 12.1 Å². The summed E-state index contributed by atoms with van der Waals surface area (Å²) in [4.78, 5) is 11.4. The van der Waals surface area contributed by atoms with Crippen molar-refractivity contribution in [2.45, 2.75) is 33.9 Å². The lowest BCUT2D eigenvalue weighted by Gasteiger charge is -2.19. The van der Waals surface area contributed by atoms with Crippen molar-refractivity contribution in [3.05, 3.63) is 53.6 Å². The van der Waals surface area contributed by atoms with Crippen molar-refractivity contribution in [1.82, 2.24) is 14.5 Å². The Morgan fingerprint density at radius 3 is 2.77 bits per heavy atom. The molecule has 3 rings (SSSR count). The molecular weight excluding hydrogens is 272 g/mol. The highest BCUT2D eigenvalue weighted by Gasteiger charge is 2.10. The molecule has 2 heterocycles. The molecule has 0 aliphatic carbocycles. The first kappa shape index (κ1) is 14.6. The summed E-state index contributed by atoms with van der Waals surface area (Å²) in [5.41, 5.74) is 3.57. The molecule has 0 saturated carbocycles. The smallest absolute Gasteiger partial charge is 0.129 e. The molecule has 1 aromatic carbocycles. The lowest BCUT2D eigenvalue weighted by atomic mass is 10.1. The van der Waals surface area contributed by atoms with Crippen LogP contribution in [0.15, 0.2) is 36.7 Å². The molecule has 114 valence electrons. The number of hydrogen-bond donors (Lipinski definition) is 0. The first-order valence-corrected chi connectivity index (χ1v) is 7.67. The Labute approximate surface area is 131 Å². The van der Waals surface area contributed by atoms with E-state index in [9.17, 15) is 0 Å². The first-order chi connectivity index (χ1) is 10.6. The number of anilines is 1. The molecule has 0 aliphatic rings. The van der Waals surface area contributed by atoms with Crippen LogP contribution in [0.3, 0.4) is 0 Å². The number of nitrogens with zero attached hydrogens (tertiary/aromatic N) is 4. The summed E-state index contributed by atoms with van der Waals surface area (Å²) < 4.78 is 2.16. The van der Waals surface area contributed by atoms with Gasteiger partial charge in [0.25, 0.3) is 0 Å². The van der Waals surface area contributed by atoms with Crippen LogP contribution in [-0.2, 0) is 13.1 Å². The Morgan fingerprint density at radius 1 is 1.18 bits per heavy atom. The van der Waals surface area contributed by atoms with Crippen LogP contribution < -0.4 is 4.90 Å². The fraction of sp³-hybridized carbons (Fsp3) is 0.333. The van der Waals surface area contributed by atoms with Crippen LogP contribution in [0.5, 0.6) is 0 Å². The van der Waals surface area contributed by atoms with Crippen LogP contribution in [0.4, 0.5) is 5.82 Å². The summed E-state index contributed by atoms with van der Waals surface area (Å²) in [6.45, 7) is 8.08. The van der Waals surface area contributed by atoms with E-state index in [0.717, 1.165) is 30.2 Å². The zero-order chi connectivity index (χ0) is 15.7. The standard InChI is InChI=1S/C18H22N4/c1-5-22-9-8-19-18(22)12-21(4)17-11-14(3)15-10-13(2)6-7-16(15)20-17/h6-11H,5,12H2,1-4H3. The van der Waals surface area contributed by atoms with Gasteiger partial charge in [-0.05, 0) is 44.5 Å². The zero-order valence-electron chi connectivity index (χ0n) is 13.7. The van der Waals surface area contributed by atoms with Gasteiger partial charge in [0.2, 0.25) is 0 Å². The van der Waals surface area contributed by atoms with E-state index in [2.05, 4.69) is 66.5 Å². The molecular formula is C18H22N4. The summed E-state index contributed by atoms with van der Waals surface area (Å²) in [7, 11) is 2.07. The van der Waals surface area contributed by atoms with Crippen LogP contribution >= 0.6 is 0 Å². The number of benzene rings is 1. The molecule has 0 atom stereocenters. The van der Waals surface area contributed by atoms with Crippen molar-refractivity contribution >= 4 is 16.7 Å². The average Bonchev–Trinajstić information content (AvgIpc) is 2.95. The summed E-state index contributed by atoms with van der Waals surface area (Å²) in [6.07, 6.45) is 3.87. The molecule has 0 radical (unpaired) electrons. The van der Waals surface area contributed by atoms with E-state index < -0.39 is 0 Å². The third-order valence-corrected chi connectivity index (χ3v) is 4.07. The third kappa shape index (κ3) is 2.69. The number of pyridine rings is 1. The van der Waals surface area contributed by atoms with Crippen molar-refractivity contribution in [2.75, 3.05) is 11.9 Å². The van der Waals surface area contributed by atoms with Gasteiger partial charge in [0.1, 0.15) is 11.6 Å². The van der Waals surface area contributed by atoms with Crippen molar-refractivity contribution in [2.24, 2.45) is 0 Å². The summed E-state index contributed by atoms with van der Waals surface area (Å²) >= 11 is 0. The van der Waals surface area contributed by atoms with Crippen molar-refractivity contribution in [1.29, 1.82) is 0 Å². The quantitative estimate of drug-likeness (QED) is 0.735.